The van der Waals surface area contributed by atoms with Gasteiger partial charge < -0.3 is 0 Å². The maximum Gasteiger partial charge on any atom is 0.417 e. The van der Waals surface area contributed by atoms with Crippen LogP contribution in [-0.2, 0) is 12.6 Å². The summed E-state index contributed by atoms with van der Waals surface area (Å²) in [6.07, 6.45) is -4.14. The van der Waals surface area contributed by atoms with Gasteiger partial charge in [-0.15, -0.1) is 5.10 Å². The molecule has 1 aromatic carbocycles. The Morgan fingerprint density at radius 3 is 2.65 bits per heavy atom. The van der Waals surface area contributed by atoms with E-state index in [1.165, 1.54) is 10.7 Å². The topological polar surface area (TPSA) is 54.5 Å². The molecule has 2 rings (SSSR count). The van der Waals surface area contributed by atoms with Crippen LogP contribution in [0.2, 0.25) is 5.02 Å². The van der Waals surface area contributed by atoms with Crippen LogP contribution < -0.4 is 0 Å². The lowest BCUT2D eigenvalue weighted by atomic mass is 10.2. The number of nitriles is 1. The highest BCUT2D eigenvalue weighted by molar-refractivity contribution is 6.31. The van der Waals surface area contributed by atoms with E-state index in [-0.39, 0.29) is 16.4 Å². The van der Waals surface area contributed by atoms with Crippen LogP contribution in [0, 0.1) is 11.3 Å². The van der Waals surface area contributed by atoms with Crippen molar-refractivity contribution in [3.63, 3.8) is 0 Å². The van der Waals surface area contributed by atoms with E-state index in [0.29, 0.717) is 12.1 Å². The Morgan fingerprint density at radius 1 is 1.40 bits per heavy atom. The highest BCUT2D eigenvalue weighted by atomic mass is 35.5. The van der Waals surface area contributed by atoms with Gasteiger partial charge in [0, 0.05) is 0 Å². The molecule has 0 bridgehead atoms. The molecule has 0 saturated heterocycles. The molecule has 0 aliphatic rings. The van der Waals surface area contributed by atoms with Gasteiger partial charge in [-0.3, -0.25) is 0 Å². The van der Waals surface area contributed by atoms with E-state index in [4.69, 9.17) is 16.9 Å². The number of rotatable bonds is 2. The van der Waals surface area contributed by atoms with E-state index in [1.807, 2.05) is 6.07 Å². The number of aromatic nitrogens is 3. The first-order valence-corrected chi connectivity index (χ1v) is 5.98. The van der Waals surface area contributed by atoms with Gasteiger partial charge in [0.1, 0.15) is 6.07 Å². The summed E-state index contributed by atoms with van der Waals surface area (Å²) in [6, 6.07) is 5.28. The van der Waals surface area contributed by atoms with E-state index >= 15 is 0 Å². The van der Waals surface area contributed by atoms with Crippen molar-refractivity contribution in [2.45, 2.75) is 19.5 Å². The third-order valence-corrected chi connectivity index (χ3v) is 3.03. The van der Waals surface area contributed by atoms with Gasteiger partial charge in [0.2, 0.25) is 0 Å². The third-order valence-electron chi connectivity index (χ3n) is 2.70. The van der Waals surface area contributed by atoms with Gasteiger partial charge in [-0.25, -0.2) is 4.68 Å². The zero-order chi connectivity index (χ0) is 14.9. The largest absolute Gasteiger partial charge is 0.417 e. The maximum atomic E-state index is 12.8. The molecule has 104 valence electrons. The van der Waals surface area contributed by atoms with Crippen LogP contribution in [0.15, 0.2) is 18.2 Å². The number of benzene rings is 1. The van der Waals surface area contributed by atoms with E-state index in [9.17, 15) is 13.2 Å². The molecule has 4 nitrogen and oxygen atoms in total. The van der Waals surface area contributed by atoms with Crippen molar-refractivity contribution in [2.24, 2.45) is 0 Å². The van der Waals surface area contributed by atoms with Crippen molar-refractivity contribution in [3.8, 4) is 11.8 Å². The molecule has 1 heterocycles. The summed E-state index contributed by atoms with van der Waals surface area (Å²) in [7, 11) is 0. The van der Waals surface area contributed by atoms with Gasteiger partial charge in [-0.2, -0.15) is 18.4 Å². The Kier molecular flexibility index (Phi) is 3.68. The second kappa shape index (κ2) is 5.13. The zero-order valence-corrected chi connectivity index (χ0v) is 11.0. The third kappa shape index (κ3) is 2.47. The summed E-state index contributed by atoms with van der Waals surface area (Å²) in [5, 5.41) is 15.8. The monoisotopic (exact) mass is 300 g/mol. The molecule has 0 saturated carbocycles. The summed E-state index contributed by atoms with van der Waals surface area (Å²) in [5.74, 6) is 0. The highest BCUT2D eigenvalue weighted by Gasteiger charge is 2.33. The first-order chi connectivity index (χ1) is 9.38. The summed E-state index contributed by atoms with van der Waals surface area (Å²) in [4.78, 5) is 0. The number of halogens is 4. The van der Waals surface area contributed by atoms with Gasteiger partial charge in [0.15, 0.2) is 5.69 Å². The van der Waals surface area contributed by atoms with Crippen molar-refractivity contribution < 1.29 is 13.2 Å². The molecule has 0 atom stereocenters. The number of hydrogen-bond acceptors (Lipinski definition) is 3. The van der Waals surface area contributed by atoms with Crippen LogP contribution in [0.3, 0.4) is 0 Å². The zero-order valence-electron chi connectivity index (χ0n) is 10.2. The van der Waals surface area contributed by atoms with Crippen molar-refractivity contribution in [1.82, 2.24) is 15.0 Å². The molecule has 0 unspecified atom stereocenters. The molecule has 0 fully saturated rings. The first kappa shape index (κ1) is 14.3. The minimum absolute atomic E-state index is 0.0935. The number of nitrogens with zero attached hydrogens (tertiary/aromatic N) is 4. The van der Waals surface area contributed by atoms with Crippen LogP contribution in [0.5, 0.6) is 0 Å². The lowest BCUT2D eigenvalue weighted by Gasteiger charge is -2.11. The Morgan fingerprint density at radius 2 is 2.10 bits per heavy atom. The molecule has 0 amide bonds. The molecule has 0 aliphatic heterocycles. The van der Waals surface area contributed by atoms with Gasteiger partial charge in [-0.05, 0) is 24.6 Å². The lowest BCUT2D eigenvalue weighted by Crippen LogP contribution is -2.09. The van der Waals surface area contributed by atoms with Crippen LogP contribution >= 0.6 is 11.6 Å². The molecule has 0 radical (unpaired) electrons. The highest BCUT2D eigenvalue weighted by Crippen LogP contribution is 2.35. The summed E-state index contributed by atoms with van der Waals surface area (Å²) < 4.78 is 39.7. The van der Waals surface area contributed by atoms with E-state index in [1.54, 1.807) is 6.92 Å². The molecular formula is C12H8ClF3N4. The van der Waals surface area contributed by atoms with Crippen molar-refractivity contribution in [1.29, 1.82) is 5.26 Å². The molecule has 0 N–H and O–H groups in total. The number of alkyl halides is 3. The lowest BCUT2D eigenvalue weighted by molar-refractivity contribution is -0.137. The van der Waals surface area contributed by atoms with Crippen molar-refractivity contribution >= 4 is 11.6 Å². The second-order valence-electron chi connectivity index (χ2n) is 3.92. The maximum absolute atomic E-state index is 12.8. The molecule has 8 heteroatoms. The van der Waals surface area contributed by atoms with Gasteiger partial charge in [0.05, 0.1) is 22.0 Å². The average molecular weight is 301 g/mol. The predicted molar refractivity (Wildman–Crippen MR) is 65.5 cm³/mol. The number of hydrogen-bond donors (Lipinski definition) is 0. The summed E-state index contributed by atoms with van der Waals surface area (Å²) in [5.41, 5.74) is -0.251. The van der Waals surface area contributed by atoms with Crippen LogP contribution in [-0.4, -0.2) is 15.0 Å². The SMILES string of the molecule is CCc1c(C#N)nnn1-c1ccc(Cl)c(C(F)(F)F)c1. The Labute approximate surface area is 117 Å². The standard InChI is InChI=1S/C12H8ClF3N4/c1-2-11-10(6-17)18-19-20(11)7-3-4-9(13)8(5-7)12(14,15)16/h3-5H,2H2,1H3. The van der Waals surface area contributed by atoms with Gasteiger partial charge in [0.25, 0.3) is 0 Å². The molecule has 0 aliphatic carbocycles. The van der Waals surface area contributed by atoms with Crippen LogP contribution in [0.25, 0.3) is 5.69 Å². The van der Waals surface area contributed by atoms with Crippen molar-refractivity contribution in [2.75, 3.05) is 0 Å². The van der Waals surface area contributed by atoms with E-state index in [2.05, 4.69) is 10.3 Å². The fourth-order valence-corrected chi connectivity index (χ4v) is 2.00. The van der Waals surface area contributed by atoms with E-state index < -0.39 is 11.7 Å². The quantitative estimate of drug-likeness (QED) is 0.854. The summed E-state index contributed by atoms with van der Waals surface area (Å²) >= 11 is 5.56. The Hall–Kier alpha value is -2.07. The Balaban J connectivity index is 2.61. The van der Waals surface area contributed by atoms with Crippen molar-refractivity contribution in [3.05, 3.63) is 40.2 Å². The van der Waals surface area contributed by atoms with Gasteiger partial charge >= 0.3 is 6.18 Å². The second-order valence-corrected chi connectivity index (χ2v) is 4.33. The molecule has 1 aromatic heterocycles. The minimum Gasteiger partial charge on any atom is -0.216 e. The molecule has 20 heavy (non-hydrogen) atoms. The van der Waals surface area contributed by atoms with E-state index in [0.717, 1.165) is 12.1 Å². The Bertz CT molecular complexity index is 685. The minimum atomic E-state index is -4.56. The summed E-state index contributed by atoms with van der Waals surface area (Å²) in [6.45, 7) is 1.76. The average Bonchev–Trinajstić information content (AvgIpc) is 2.80. The van der Waals surface area contributed by atoms with Crippen LogP contribution in [0.4, 0.5) is 13.2 Å². The van der Waals surface area contributed by atoms with Crippen LogP contribution in [0.1, 0.15) is 23.9 Å². The van der Waals surface area contributed by atoms with Gasteiger partial charge in [-0.1, -0.05) is 23.7 Å². The fourth-order valence-electron chi connectivity index (χ4n) is 1.78. The molecule has 2 aromatic rings. The first-order valence-electron chi connectivity index (χ1n) is 5.60. The fraction of sp³-hybridized carbons (Fsp3) is 0.250. The molecule has 0 spiro atoms. The predicted octanol–water partition coefficient (Wildman–Crippen LogP) is 3.37. The smallest absolute Gasteiger partial charge is 0.216 e. The molecular weight excluding hydrogens is 293 g/mol. The normalized spacial score (nSPS) is 11.4.